The van der Waals surface area contributed by atoms with Crippen LogP contribution in [0.2, 0.25) is 0 Å². The van der Waals surface area contributed by atoms with Gasteiger partial charge in [0.15, 0.2) is 11.5 Å². The van der Waals surface area contributed by atoms with Crippen LogP contribution < -0.4 is 14.8 Å². The number of methoxy groups -OCH3 is 1. The van der Waals surface area contributed by atoms with E-state index in [1.165, 1.54) is 0 Å². The Bertz CT molecular complexity index is 585. The van der Waals surface area contributed by atoms with Crippen LogP contribution in [0.3, 0.4) is 0 Å². The normalized spacial score (nSPS) is 17.5. The van der Waals surface area contributed by atoms with Gasteiger partial charge in [0.05, 0.1) is 13.2 Å². The smallest absolute Gasteiger partial charge is 0.206 e. The van der Waals surface area contributed by atoms with E-state index in [0.717, 1.165) is 33.6 Å². The van der Waals surface area contributed by atoms with E-state index in [4.69, 9.17) is 9.47 Å². The van der Waals surface area contributed by atoms with Crippen LogP contribution in [-0.2, 0) is 6.42 Å². The van der Waals surface area contributed by atoms with E-state index in [2.05, 4.69) is 21.6 Å². The quantitative estimate of drug-likeness (QED) is 0.932. The third-order valence-electron chi connectivity index (χ3n) is 3.03. The summed E-state index contributed by atoms with van der Waals surface area (Å²) in [5.74, 6) is 1.65. The van der Waals surface area contributed by atoms with Gasteiger partial charge in [-0.2, -0.15) is 0 Å². The van der Waals surface area contributed by atoms with E-state index in [1.54, 1.807) is 18.4 Å². The predicted octanol–water partition coefficient (Wildman–Crippen LogP) is 2.27. The van der Waals surface area contributed by atoms with Crippen molar-refractivity contribution in [2.75, 3.05) is 19.0 Å². The van der Waals surface area contributed by atoms with Gasteiger partial charge in [-0.25, -0.2) is 0 Å². The zero-order valence-electron chi connectivity index (χ0n) is 10.8. The Morgan fingerprint density at radius 1 is 1.42 bits per heavy atom. The maximum absolute atomic E-state index is 5.81. The second-order valence-electron chi connectivity index (χ2n) is 4.43. The molecule has 0 saturated carbocycles. The highest BCUT2D eigenvalue weighted by atomic mass is 32.1. The summed E-state index contributed by atoms with van der Waals surface area (Å²) in [5, 5.41) is 13.2. The number of fused-ring (bicyclic) bond motifs is 1. The Morgan fingerprint density at radius 2 is 2.32 bits per heavy atom. The van der Waals surface area contributed by atoms with Crippen molar-refractivity contribution in [2.45, 2.75) is 19.4 Å². The van der Waals surface area contributed by atoms with Crippen molar-refractivity contribution in [2.24, 2.45) is 0 Å². The Kier molecular flexibility index (Phi) is 3.25. The fraction of sp³-hybridized carbons (Fsp3) is 0.385. The van der Waals surface area contributed by atoms with Crippen molar-refractivity contribution < 1.29 is 9.47 Å². The summed E-state index contributed by atoms with van der Waals surface area (Å²) in [5.41, 5.74) is 1.16. The lowest BCUT2D eigenvalue weighted by molar-refractivity contribution is 0.256. The van der Waals surface area contributed by atoms with Gasteiger partial charge in [-0.3, -0.25) is 0 Å². The van der Waals surface area contributed by atoms with Gasteiger partial charge in [-0.05, 0) is 19.4 Å². The summed E-state index contributed by atoms with van der Waals surface area (Å²) in [4.78, 5) is 0. The van der Waals surface area contributed by atoms with E-state index in [9.17, 15) is 0 Å². The topological polar surface area (TPSA) is 56.3 Å². The molecule has 1 aromatic carbocycles. The second-order valence-corrected chi connectivity index (χ2v) is 5.61. The van der Waals surface area contributed by atoms with Crippen LogP contribution in [0.25, 0.3) is 0 Å². The molecule has 2 heterocycles. The van der Waals surface area contributed by atoms with E-state index in [0.29, 0.717) is 6.61 Å². The van der Waals surface area contributed by atoms with Gasteiger partial charge in [0.25, 0.3) is 0 Å². The molecular formula is C13H15N3O2S. The largest absolute Gasteiger partial charge is 0.493 e. The van der Waals surface area contributed by atoms with Crippen LogP contribution in [-0.4, -0.2) is 30.0 Å². The predicted molar refractivity (Wildman–Crippen MR) is 74.2 cm³/mol. The Balaban J connectivity index is 1.75. The molecule has 1 N–H and O–H groups in total. The number of rotatable bonds is 3. The summed E-state index contributed by atoms with van der Waals surface area (Å²) in [6.07, 6.45) is 0.894. The van der Waals surface area contributed by atoms with Crippen molar-refractivity contribution in [3.05, 3.63) is 28.8 Å². The molecule has 0 aliphatic carbocycles. The fourth-order valence-corrected chi connectivity index (χ4v) is 2.85. The second kappa shape index (κ2) is 5.05. The number of ether oxygens (including phenoxy) is 2. The third-order valence-corrected chi connectivity index (χ3v) is 3.80. The lowest BCUT2D eigenvalue weighted by atomic mass is 10.0. The highest BCUT2D eigenvalue weighted by molar-refractivity contribution is 7.15. The number of nitrogens with one attached hydrogen (secondary N) is 1. The summed E-state index contributed by atoms with van der Waals surface area (Å²) in [6.45, 7) is 2.55. The molecule has 0 bridgehead atoms. The molecule has 1 aromatic heterocycles. The fourth-order valence-electron chi connectivity index (χ4n) is 2.18. The SMILES string of the molecule is COc1cccc2c1OCC(Nc1nnc(C)s1)C2. The average Bonchev–Trinajstić information content (AvgIpc) is 2.83. The molecule has 0 spiro atoms. The van der Waals surface area contributed by atoms with Crippen molar-refractivity contribution >= 4 is 16.5 Å². The van der Waals surface area contributed by atoms with Crippen LogP contribution in [0, 0.1) is 6.92 Å². The minimum Gasteiger partial charge on any atom is -0.493 e. The number of benzene rings is 1. The molecule has 6 heteroatoms. The number of aryl methyl sites for hydroxylation is 1. The summed E-state index contributed by atoms with van der Waals surface area (Å²) in [6, 6.07) is 6.18. The van der Waals surface area contributed by atoms with Crippen LogP contribution in [0.4, 0.5) is 5.13 Å². The molecule has 1 aliphatic rings. The maximum atomic E-state index is 5.81. The zero-order chi connectivity index (χ0) is 13.2. The lowest BCUT2D eigenvalue weighted by Crippen LogP contribution is -2.33. The Labute approximate surface area is 115 Å². The van der Waals surface area contributed by atoms with Crippen molar-refractivity contribution in [1.29, 1.82) is 0 Å². The number of hydrogen-bond acceptors (Lipinski definition) is 6. The number of anilines is 1. The first-order chi connectivity index (χ1) is 9.26. The molecule has 0 radical (unpaired) electrons. The first kappa shape index (κ1) is 12.2. The molecule has 1 aliphatic heterocycles. The molecular weight excluding hydrogens is 262 g/mol. The summed E-state index contributed by atoms with van der Waals surface area (Å²) in [7, 11) is 1.66. The molecule has 1 unspecified atom stereocenters. The molecule has 1 atom stereocenters. The Hall–Kier alpha value is -1.82. The number of nitrogens with zero attached hydrogens (tertiary/aromatic N) is 2. The van der Waals surface area contributed by atoms with Gasteiger partial charge in [0.2, 0.25) is 5.13 Å². The van der Waals surface area contributed by atoms with Crippen molar-refractivity contribution in [1.82, 2.24) is 10.2 Å². The standard InChI is InChI=1S/C13H15N3O2S/c1-8-15-16-13(19-8)14-10-6-9-4-3-5-11(17-2)12(9)18-7-10/h3-5,10H,6-7H2,1-2H3,(H,14,16). The first-order valence-corrected chi connectivity index (χ1v) is 6.93. The first-order valence-electron chi connectivity index (χ1n) is 6.11. The maximum Gasteiger partial charge on any atom is 0.206 e. The molecule has 5 nitrogen and oxygen atoms in total. The van der Waals surface area contributed by atoms with Gasteiger partial charge in [-0.15, -0.1) is 10.2 Å². The summed E-state index contributed by atoms with van der Waals surface area (Å²) >= 11 is 1.56. The van der Waals surface area contributed by atoms with Crippen molar-refractivity contribution in [3.63, 3.8) is 0 Å². The molecule has 3 rings (SSSR count). The third kappa shape index (κ3) is 2.49. The van der Waals surface area contributed by atoms with Gasteiger partial charge in [-0.1, -0.05) is 23.5 Å². The number of hydrogen-bond donors (Lipinski definition) is 1. The Morgan fingerprint density at radius 3 is 3.05 bits per heavy atom. The monoisotopic (exact) mass is 277 g/mol. The van der Waals surface area contributed by atoms with E-state index < -0.39 is 0 Å². The van der Waals surface area contributed by atoms with Gasteiger partial charge < -0.3 is 14.8 Å². The van der Waals surface area contributed by atoms with Crippen LogP contribution in [0.15, 0.2) is 18.2 Å². The number of para-hydroxylation sites is 1. The van der Waals surface area contributed by atoms with Crippen LogP contribution >= 0.6 is 11.3 Å². The lowest BCUT2D eigenvalue weighted by Gasteiger charge is -2.26. The van der Waals surface area contributed by atoms with E-state index in [1.807, 2.05) is 19.1 Å². The zero-order valence-corrected chi connectivity index (χ0v) is 11.7. The van der Waals surface area contributed by atoms with E-state index in [-0.39, 0.29) is 6.04 Å². The highest BCUT2D eigenvalue weighted by Gasteiger charge is 2.23. The molecule has 2 aromatic rings. The van der Waals surface area contributed by atoms with E-state index >= 15 is 0 Å². The van der Waals surface area contributed by atoms with Gasteiger partial charge >= 0.3 is 0 Å². The van der Waals surface area contributed by atoms with Crippen molar-refractivity contribution in [3.8, 4) is 11.5 Å². The summed E-state index contributed by atoms with van der Waals surface area (Å²) < 4.78 is 11.1. The molecule has 0 saturated heterocycles. The molecule has 0 fully saturated rings. The van der Waals surface area contributed by atoms with Gasteiger partial charge in [0.1, 0.15) is 11.6 Å². The minimum absolute atomic E-state index is 0.215. The van der Waals surface area contributed by atoms with Gasteiger partial charge in [0, 0.05) is 5.56 Å². The number of aromatic nitrogens is 2. The van der Waals surface area contributed by atoms with Crippen LogP contribution in [0.1, 0.15) is 10.6 Å². The van der Waals surface area contributed by atoms with Crippen LogP contribution in [0.5, 0.6) is 11.5 Å². The molecule has 0 amide bonds. The average molecular weight is 277 g/mol. The molecule has 19 heavy (non-hydrogen) atoms. The highest BCUT2D eigenvalue weighted by Crippen LogP contribution is 2.35. The molecule has 100 valence electrons. The minimum atomic E-state index is 0.215.